The third-order valence-electron chi connectivity index (χ3n) is 2.33. The van der Waals surface area contributed by atoms with E-state index in [1.807, 2.05) is 6.92 Å². The normalized spacial score (nSPS) is 25.7. The van der Waals surface area contributed by atoms with Crippen LogP contribution in [0.1, 0.15) is 13.3 Å². The number of H-pyrrole nitrogens is 1. The summed E-state index contributed by atoms with van der Waals surface area (Å²) in [5.74, 6) is 0. The fourth-order valence-electron chi connectivity index (χ4n) is 1.46. The molecule has 2 heterocycles. The molecule has 2 rings (SSSR count). The summed E-state index contributed by atoms with van der Waals surface area (Å²) in [4.78, 5) is 18.0. The molecule has 6 heteroatoms. The van der Waals surface area contributed by atoms with Gasteiger partial charge in [0, 0.05) is 11.9 Å². The van der Waals surface area contributed by atoms with Gasteiger partial charge in [-0.1, -0.05) is 11.8 Å². The summed E-state index contributed by atoms with van der Waals surface area (Å²) in [5.41, 5.74) is -0.140. The summed E-state index contributed by atoms with van der Waals surface area (Å²) in [6.07, 6.45) is 2.66. The Morgan fingerprint density at radius 2 is 2.53 bits per heavy atom. The Hall–Kier alpha value is -0.330. The Kier molecular flexibility index (Phi) is 3.48. The first-order chi connectivity index (χ1) is 7.18. The van der Waals surface area contributed by atoms with Crippen molar-refractivity contribution in [3.05, 3.63) is 21.2 Å². The van der Waals surface area contributed by atoms with Gasteiger partial charge >= 0.3 is 0 Å². The van der Waals surface area contributed by atoms with E-state index in [9.17, 15) is 4.79 Å². The average molecular weight is 291 g/mol. The van der Waals surface area contributed by atoms with E-state index in [2.05, 4.69) is 25.9 Å². The second-order valence-corrected chi connectivity index (χ2v) is 5.39. The number of thioether (sulfide) groups is 1. The molecule has 1 aliphatic heterocycles. The predicted molar refractivity (Wildman–Crippen MR) is 62.2 cm³/mol. The molecule has 0 aromatic carbocycles. The van der Waals surface area contributed by atoms with Gasteiger partial charge in [-0.25, -0.2) is 4.98 Å². The minimum absolute atomic E-state index is 0.140. The first-order valence-corrected chi connectivity index (χ1v) is 6.37. The Labute approximate surface area is 100.0 Å². The molecule has 0 spiro atoms. The topological polar surface area (TPSA) is 55.0 Å². The van der Waals surface area contributed by atoms with Crippen molar-refractivity contribution in [3.63, 3.8) is 0 Å². The number of aromatic amines is 1. The highest BCUT2D eigenvalue weighted by Gasteiger charge is 2.26. The molecule has 1 N–H and O–H groups in total. The van der Waals surface area contributed by atoms with Gasteiger partial charge in [-0.05, 0) is 29.3 Å². The van der Waals surface area contributed by atoms with E-state index in [-0.39, 0.29) is 11.7 Å². The maximum atomic E-state index is 11.3. The molecule has 2 unspecified atom stereocenters. The van der Waals surface area contributed by atoms with Crippen molar-refractivity contribution in [1.82, 2.24) is 9.97 Å². The summed E-state index contributed by atoms with van der Waals surface area (Å²) in [6.45, 7) is 2.84. The molecule has 1 aliphatic rings. The highest BCUT2D eigenvalue weighted by molar-refractivity contribution is 9.10. The quantitative estimate of drug-likeness (QED) is 0.844. The second-order valence-electron chi connectivity index (χ2n) is 3.37. The Balaban J connectivity index is 2.17. The van der Waals surface area contributed by atoms with E-state index < -0.39 is 0 Å². The van der Waals surface area contributed by atoms with E-state index in [4.69, 9.17) is 4.74 Å². The highest BCUT2D eigenvalue weighted by atomic mass is 79.9. The van der Waals surface area contributed by atoms with Gasteiger partial charge in [0.15, 0.2) is 0 Å². The zero-order valence-corrected chi connectivity index (χ0v) is 10.6. The summed E-state index contributed by atoms with van der Waals surface area (Å²) >= 11 is 4.84. The van der Waals surface area contributed by atoms with Crippen molar-refractivity contribution < 1.29 is 4.74 Å². The van der Waals surface area contributed by atoms with Crippen LogP contribution in [0.3, 0.4) is 0 Å². The standard InChI is InChI=1S/C9H11BrN2O2S/c1-5-6(2-3-14-5)15-9-7(10)8(13)11-4-12-9/h4-6H,2-3H2,1H3,(H,11,12,13). The Bertz CT molecular complexity index is 409. The summed E-state index contributed by atoms with van der Waals surface area (Å²) < 4.78 is 5.97. The molecule has 0 bridgehead atoms. The number of nitrogens with one attached hydrogen (secondary N) is 1. The van der Waals surface area contributed by atoms with Crippen molar-refractivity contribution in [3.8, 4) is 0 Å². The summed E-state index contributed by atoms with van der Waals surface area (Å²) in [5, 5.41) is 1.12. The number of hydrogen-bond donors (Lipinski definition) is 1. The number of aromatic nitrogens is 2. The minimum Gasteiger partial charge on any atom is -0.377 e. The summed E-state index contributed by atoms with van der Waals surface area (Å²) in [6, 6.07) is 0. The molecule has 15 heavy (non-hydrogen) atoms. The number of ether oxygens (including phenoxy) is 1. The summed E-state index contributed by atoms with van der Waals surface area (Å²) in [7, 11) is 0. The molecule has 1 aromatic rings. The first kappa shape index (κ1) is 11.2. The third-order valence-corrected chi connectivity index (χ3v) is 4.79. The molecule has 0 amide bonds. The van der Waals surface area contributed by atoms with Crippen LogP contribution in [0.4, 0.5) is 0 Å². The van der Waals surface area contributed by atoms with Crippen LogP contribution < -0.4 is 5.56 Å². The van der Waals surface area contributed by atoms with Crippen molar-refractivity contribution in [2.24, 2.45) is 0 Å². The van der Waals surface area contributed by atoms with Gasteiger partial charge in [-0.15, -0.1) is 0 Å². The molecule has 2 atom stereocenters. The van der Waals surface area contributed by atoms with Gasteiger partial charge in [-0.3, -0.25) is 4.79 Å². The van der Waals surface area contributed by atoms with Crippen LogP contribution >= 0.6 is 27.7 Å². The van der Waals surface area contributed by atoms with Gasteiger partial charge < -0.3 is 9.72 Å². The van der Waals surface area contributed by atoms with Gasteiger partial charge in [0.2, 0.25) is 0 Å². The SMILES string of the molecule is CC1OCCC1Sc1nc[nH]c(=O)c1Br. The molecule has 0 saturated carbocycles. The van der Waals surface area contributed by atoms with E-state index in [1.165, 1.54) is 6.33 Å². The molecule has 1 saturated heterocycles. The molecular weight excluding hydrogens is 280 g/mol. The lowest BCUT2D eigenvalue weighted by Gasteiger charge is -2.12. The van der Waals surface area contributed by atoms with Crippen molar-refractivity contribution in [2.45, 2.75) is 29.7 Å². The molecule has 4 nitrogen and oxygen atoms in total. The lowest BCUT2D eigenvalue weighted by Crippen LogP contribution is -2.15. The van der Waals surface area contributed by atoms with Crippen LogP contribution in [-0.4, -0.2) is 27.9 Å². The molecule has 0 radical (unpaired) electrons. The van der Waals surface area contributed by atoms with Crippen LogP contribution in [0.5, 0.6) is 0 Å². The largest absolute Gasteiger partial charge is 0.377 e. The molecule has 1 fully saturated rings. The Morgan fingerprint density at radius 3 is 3.20 bits per heavy atom. The van der Waals surface area contributed by atoms with Gasteiger partial charge in [0.25, 0.3) is 5.56 Å². The monoisotopic (exact) mass is 290 g/mol. The lowest BCUT2D eigenvalue weighted by atomic mass is 10.3. The zero-order chi connectivity index (χ0) is 10.8. The van der Waals surface area contributed by atoms with Crippen molar-refractivity contribution in [2.75, 3.05) is 6.61 Å². The fourth-order valence-corrected chi connectivity index (χ4v) is 3.04. The van der Waals surface area contributed by atoms with Crippen LogP contribution in [0, 0.1) is 0 Å². The molecule has 0 aliphatic carbocycles. The molecule has 82 valence electrons. The number of halogens is 1. The minimum atomic E-state index is -0.140. The average Bonchev–Trinajstić information content (AvgIpc) is 2.60. The van der Waals surface area contributed by atoms with Crippen molar-refractivity contribution >= 4 is 27.7 Å². The second kappa shape index (κ2) is 4.67. The third kappa shape index (κ3) is 2.43. The molecule has 1 aromatic heterocycles. The maximum Gasteiger partial charge on any atom is 0.266 e. The Morgan fingerprint density at radius 1 is 1.73 bits per heavy atom. The van der Waals surface area contributed by atoms with Gasteiger partial charge in [0.05, 0.1) is 12.4 Å². The van der Waals surface area contributed by atoms with Gasteiger partial charge in [-0.2, -0.15) is 0 Å². The highest BCUT2D eigenvalue weighted by Crippen LogP contribution is 2.33. The smallest absolute Gasteiger partial charge is 0.266 e. The maximum absolute atomic E-state index is 11.3. The fraction of sp³-hybridized carbons (Fsp3) is 0.556. The van der Waals surface area contributed by atoms with Crippen molar-refractivity contribution in [1.29, 1.82) is 0 Å². The predicted octanol–water partition coefficient (Wildman–Crippen LogP) is 1.80. The zero-order valence-electron chi connectivity index (χ0n) is 8.20. The van der Waals surface area contributed by atoms with Gasteiger partial charge in [0.1, 0.15) is 9.50 Å². The van der Waals surface area contributed by atoms with E-state index >= 15 is 0 Å². The lowest BCUT2D eigenvalue weighted by molar-refractivity contribution is 0.127. The van der Waals surface area contributed by atoms with Crippen LogP contribution in [0.25, 0.3) is 0 Å². The first-order valence-electron chi connectivity index (χ1n) is 4.70. The van der Waals surface area contributed by atoms with E-state index in [0.29, 0.717) is 9.72 Å². The van der Waals surface area contributed by atoms with E-state index in [1.54, 1.807) is 11.8 Å². The number of nitrogens with zero attached hydrogens (tertiary/aromatic N) is 1. The van der Waals surface area contributed by atoms with Crippen LogP contribution in [-0.2, 0) is 4.74 Å². The van der Waals surface area contributed by atoms with Crippen LogP contribution in [0.15, 0.2) is 20.6 Å². The van der Waals surface area contributed by atoms with Crippen LogP contribution in [0.2, 0.25) is 0 Å². The number of hydrogen-bond acceptors (Lipinski definition) is 4. The number of rotatable bonds is 2. The van der Waals surface area contributed by atoms with E-state index in [0.717, 1.165) is 18.1 Å². The molecular formula is C9H11BrN2O2S.